The monoisotopic (exact) mass is 450 g/mol. The van der Waals surface area contributed by atoms with Crippen molar-refractivity contribution < 1.29 is 18.3 Å². The number of aromatic amines is 1. The van der Waals surface area contributed by atoms with Crippen molar-refractivity contribution in [3.63, 3.8) is 0 Å². The van der Waals surface area contributed by atoms with Gasteiger partial charge in [-0.2, -0.15) is 0 Å². The van der Waals surface area contributed by atoms with Crippen LogP contribution in [0, 0.1) is 12.8 Å². The van der Waals surface area contributed by atoms with Crippen molar-refractivity contribution >= 4 is 7.60 Å². The topological polar surface area (TPSA) is 99.6 Å². The lowest BCUT2D eigenvalue weighted by molar-refractivity contribution is 0.0920. The molecular weight excluding hydrogens is 419 g/mol. The van der Waals surface area contributed by atoms with E-state index in [9.17, 15) is 14.2 Å². The molecule has 0 aliphatic heterocycles. The molecule has 31 heavy (non-hydrogen) atoms. The molecule has 1 N–H and O–H groups in total. The minimum absolute atomic E-state index is 0.0375. The van der Waals surface area contributed by atoms with E-state index in [1.807, 2.05) is 30.3 Å². The van der Waals surface area contributed by atoms with Crippen molar-refractivity contribution in [3.05, 3.63) is 68.5 Å². The van der Waals surface area contributed by atoms with Gasteiger partial charge in [0, 0.05) is 17.7 Å². The molecule has 1 aliphatic rings. The van der Waals surface area contributed by atoms with E-state index in [2.05, 4.69) is 4.98 Å². The van der Waals surface area contributed by atoms with Gasteiger partial charge in [-0.05, 0) is 46.6 Å². The number of nitrogens with zero attached hydrogens (tertiary/aromatic N) is 1. The highest BCUT2D eigenvalue weighted by atomic mass is 31.2. The average molecular weight is 450 g/mol. The third-order valence-corrected chi connectivity index (χ3v) is 7.19. The number of ether oxygens (including phenoxy) is 1. The van der Waals surface area contributed by atoms with Gasteiger partial charge in [0.2, 0.25) is 0 Å². The first-order valence-corrected chi connectivity index (χ1v) is 12.2. The smallest absolute Gasteiger partial charge is 0.356 e. The summed E-state index contributed by atoms with van der Waals surface area (Å²) in [6.45, 7) is 9.12. The summed E-state index contributed by atoms with van der Waals surface area (Å²) >= 11 is 0. The van der Waals surface area contributed by atoms with Crippen LogP contribution in [0.4, 0.5) is 0 Å². The maximum atomic E-state index is 13.0. The van der Waals surface area contributed by atoms with Crippen LogP contribution >= 0.6 is 7.60 Å². The highest BCUT2D eigenvalue weighted by Crippen LogP contribution is 2.56. The lowest BCUT2D eigenvalue weighted by Crippen LogP contribution is -2.39. The summed E-state index contributed by atoms with van der Waals surface area (Å²) in [7, 11) is -3.41. The molecule has 2 atom stereocenters. The van der Waals surface area contributed by atoms with Gasteiger partial charge in [0.1, 0.15) is 6.35 Å². The molecule has 0 saturated heterocycles. The van der Waals surface area contributed by atoms with Gasteiger partial charge >= 0.3 is 13.3 Å². The molecule has 1 aromatic heterocycles. The summed E-state index contributed by atoms with van der Waals surface area (Å²) in [6, 6.07) is 9.66. The lowest BCUT2D eigenvalue weighted by Gasteiger charge is -2.24. The second kappa shape index (κ2) is 9.25. The number of hydrogen-bond donors (Lipinski definition) is 1. The number of H-pyrrole nitrogens is 1. The molecule has 1 aromatic carbocycles. The molecule has 1 aliphatic carbocycles. The van der Waals surface area contributed by atoms with E-state index in [1.165, 1.54) is 0 Å². The fraction of sp³-hybridized carbons (Fsp3) is 0.545. The maximum absolute atomic E-state index is 13.0. The van der Waals surface area contributed by atoms with Gasteiger partial charge in [-0.1, -0.05) is 30.3 Å². The number of aryl methyl sites for hydroxylation is 1. The number of benzene rings is 1. The number of hydrogen-bond acceptors (Lipinski definition) is 6. The molecule has 2 aromatic rings. The summed E-state index contributed by atoms with van der Waals surface area (Å²) in [4.78, 5) is 26.9. The molecular formula is C22H31N2O6P. The van der Waals surface area contributed by atoms with Gasteiger partial charge in [0.25, 0.3) is 5.56 Å². The highest BCUT2D eigenvalue weighted by Gasteiger charge is 2.57. The fourth-order valence-electron chi connectivity index (χ4n) is 3.93. The van der Waals surface area contributed by atoms with Crippen molar-refractivity contribution in [2.45, 2.75) is 58.8 Å². The Bertz CT molecular complexity index is 1050. The zero-order valence-corrected chi connectivity index (χ0v) is 19.6. The normalized spacial score (nSPS) is 21.1. The van der Waals surface area contributed by atoms with Crippen LogP contribution in [0.2, 0.25) is 0 Å². The molecule has 0 radical (unpaired) electrons. The zero-order valence-electron chi connectivity index (χ0n) is 18.7. The average Bonchev–Trinajstić information content (AvgIpc) is 3.39. The van der Waals surface area contributed by atoms with E-state index in [0.717, 1.165) is 5.56 Å². The van der Waals surface area contributed by atoms with E-state index in [0.29, 0.717) is 12.0 Å². The Kier molecular flexibility index (Phi) is 7.06. The minimum Gasteiger partial charge on any atom is -0.368 e. The zero-order chi connectivity index (χ0) is 22.8. The molecule has 3 rings (SSSR count). The predicted molar refractivity (Wildman–Crippen MR) is 119 cm³/mol. The van der Waals surface area contributed by atoms with E-state index >= 15 is 0 Å². The van der Waals surface area contributed by atoms with E-state index in [-0.39, 0.29) is 31.1 Å². The third kappa shape index (κ3) is 5.26. The molecule has 9 heteroatoms. The summed E-state index contributed by atoms with van der Waals surface area (Å²) in [5, 5.41) is 0. The molecule has 1 saturated carbocycles. The highest BCUT2D eigenvalue weighted by molar-refractivity contribution is 7.53. The quantitative estimate of drug-likeness (QED) is 0.555. The van der Waals surface area contributed by atoms with Crippen molar-refractivity contribution in [1.29, 1.82) is 0 Å². The number of rotatable bonds is 10. The third-order valence-electron chi connectivity index (χ3n) is 5.21. The Balaban J connectivity index is 1.83. The number of aromatic nitrogens is 2. The van der Waals surface area contributed by atoms with Gasteiger partial charge in [-0.3, -0.25) is 18.9 Å². The molecule has 1 fully saturated rings. The van der Waals surface area contributed by atoms with Gasteiger partial charge in [-0.25, -0.2) is 4.79 Å². The Morgan fingerprint density at radius 1 is 1.13 bits per heavy atom. The Morgan fingerprint density at radius 3 is 2.32 bits per heavy atom. The Hall–Kier alpha value is -1.99. The van der Waals surface area contributed by atoms with Crippen LogP contribution in [0.25, 0.3) is 0 Å². The first-order chi connectivity index (χ1) is 14.6. The van der Waals surface area contributed by atoms with Crippen molar-refractivity contribution in [3.8, 4) is 0 Å². The summed E-state index contributed by atoms with van der Waals surface area (Å²) in [5.41, 5.74) is -0.0667. The van der Waals surface area contributed by atoms with Crippen molar-refractivity contribution in [2.24, 2.45) is 5.92 Å². The Labute approximate surface area is 182 Å². The van der Waals surface area contributed by atoms with Gasteiger partial charge in [-0.15, -0.1) is 0 Å². The molecule has 170 valence electrons. The van der Waals surface area contributed by atoms with Crippen LogP contribution in [0.5, 0.6) is 0 Å². The molecule has 0 bridgehead atoms. The standard InChI is InChI=1S/C22H31N2O6P/c1-15(2)29-31(27,30-16(3)4)14-28-13-19-11-22(19,18-9-7-6-8-10-18)24-12-17(5)20(25)23-21(24)26/h6-10,12,15-16,19H,11,13-14H2,1-5H3,(H,23,25,26)/t19-,22+/m1/s1. The first-order valence-electron chi connectivity index (χ1n) is 10.5. The predicted octanol–water partition coefficient (Wildman–Crippen LogP) is 3.63. The minimum atomic E-state index is -3.41. The van der Waals surface area contributed by atoms with Crippen LogP contribution in [-0.4, -0.2) is 34.7 Å². The fourth-order valence-corrected chi connectivity index (χ4v) is 5.71. The second-order valence-electron chi connectivity index (χ2n) is 8.55. The van der Waals surface area contributed by atoms with Crippen LogP contribution < -0.4 is 11.2 Å². The molecule has 0 amide bonds. The SMILES string of the molecule is Cc1cn([C@]2(c3ccccc3)C[C@@H]2COCP(=O)(OC(C)C)OC(C)C)c(=O)[nH]c1=O. The van der Waals surface area contributed by atoms with Crippen LogP contribution in [-0.2, 0) is 23.9 Å². The maximum Gasteiger partial charge on any atom is 0.356 e. The molecule has 1 heterocycles. The van der Waals surface area contributed by atoms with E-state index in [4.69, 9.17) is 13.8 Å². The molecule has 8 nitrogen and oxygen atoms in total. The largest absolute Gasteiger partial charge is 0.368 e. The number of nitrogens with one attached hydrogen (secondary N) is 1. The first kappa shape index (κ1) is 23.7. The summed E-state index contributed by atoms with van der Waals surface area (Å²) < 4.78 is 31.5. The lowest BCUT2D eigenvalue weighted by atomic mass is 10.0. The van der Waals surface area contributed by atoms with E-state index < -0.39 is 24.4 Å². The second-order valence-corrected chi connectivity index (χ2v) is 10.5. The summed E-state index contributed by atoms with van der Waals surface area (Å²) in [5.74, 6) is -0.0375. The summed E-state index contributed by atoms with van der Waals surface area (Å²) in [6.07, 6.45) is 1.57. The molecule has 0 spiro atoms. The van der Waals surface area contributed by atoms with Crippen LogP contribution in [0.3, 0.4) is 0 Å². The van der Waals surface area contributed by atoms with Crippen molar-refractivity contribution in [2.75, 3.05) is 13.0 Å². The molecule has 0 unspecified atom stereocenters. The Morgan fingerprint density at radius 2 is 1.74 bits per heavy atom. The van der Waals surface area contributed by atoms with Crippen LogP contribution in [0.1, 0.15) is 45.2 Å². The van der Waals surface area contributed by atoms with E-state index in [1.54, 1.807) is 45.4 Å². The van der Waals surface area contributed by atoms with Crippen molar-refractivity contribution in [1.82, 2.24) is 9.55 Å². The van der Waals surface area contributed by atoms with Gasteiger partial charge in [0.05, 0.1) is 24.4 Å². The van der Waals surface area contributed by atoms with Gasteiger partial charge in [0.15, 0.2) is 0 Å². The van der Waals surface area contributed by atoms with Gasteiger partial charge < -0.3 is 13.8 Å². The van der Waals surface area contributed by atoms with Crippen LogP contribution in [0.15, 0.2) is 46.1 Å².